The average molecular weight is 297 g/mol. The lowest BCUT2D eigenvalue weighted by atomic mass is 9.78. The molecule has 118 valence electrons. The molecule has 0 radical (unpaired) electrons. The lowest BCUT2D eigenvalue weighted by Gasteiger charge is -2.32. The molecule has 0 aromatic rings. The Labute approximate surface area is 125 Å². The number of methoxy groups -OCH3 is 1. The minimum absolute atomic E-state index is 0.168. The van der Waals surface area contributed by atoms with E-state index in [1.807, 2.05) is 0 Å². The minimum Gasteiger partial charge on any atom is -0.467 e. The zero-order valence-electron chi connectivity index (χ0n) is 13.3. The van der Waals surface area contributed by atoms with Crippen LogP contribution in [0.4, 0.5) is 4.79 Å². The van der Waals surface area contributed by atoms with E-state index in [1.54, 1.807) is 33.8 Å². The van der Waals surface area contributed by atoms with Crippen molar-refractivity contribution in [2.75, 3.05) is 13.7 Å². The molecule has 2 atom stereocenters. The summed E-state index contributed by atoms with van der Waals surface area (Å²) in [5, 5.41) is 0. The van der Waals surface area contributed by atoms with E-state index < -0.39 is 29.1 Å². The Balaban J connectivity index is 3.15. The second kappa shape index (κ2) is 5.87. The van der Waals surface area contributed by atoms with Gasteiger partial charge in [0.15, 0.2) is 5.78 Å². The first-order chi connectivity index (χ1) is 9.56. The Kier molecular flexibility index (Phi) is 4.81. The van der Waals surface area contributed by atoms with Gasteiger partial charge in [0.1, 0.15) is 11.6 Å². The van der Waals surface area contributed by atoms with Crippen molar-refractivity contribution in [3.63, 3.8) is 0 Å². The van der Waals surface area contributed by atoms with Crippen molar-refractivity contribution >= 4 is 17.8 Å². The number of likely N-dealkylation sites (tertiary alicyclic amines) is 1. The van der Waals surface area contributed by atoms with Crippen LogP contribution in [0.1, 0.15) is 34.1 Å². The van der Waals surface area contributed by atoms with Crippen molar-refractivity contribution in [1.82, 2.24) is 4.90 Å². The number of ketones is 1. The zero-order valence-corrected chi connectivity index (χ0v) is 13.3. The van der Waals surface area contributed by atoms with Crippen LogP contribution < -0.4 is 0 Å². The average Bonchev–Trinajstić information content (AvgIpc) is 2.60. The van der Waals surface area contributed by atoms with Crippen molar-refractivity contribution < 1.29 is 23.9 Å². The number of nitrogens with zero attached hydrogens (tertiary/aromatic N) is 1. The molecule has 6 heteroatoms. The fourth-order valence-electron chi connectivity index (χ4n) is 2.44. The van der Waals surface area contributed by atoms with Crippen LogP contribution in [-0.2, 0) is 19.1 Å². The van der Waals surface area contributed by atoms with Gasteiger partial charge in [-0.15, -0.1) is 6.58 Å². The highest BCUT2D eigenvalue weighted by molar-refractivity contribution is 6.00. The standard InChI is InChI=1S/C15H23NO5/c1-7-8-15(5)10(17)9-16(11(15)12(18)20-6)13(19)21-14(2,3)4/h7,11H,1,8-9H2,2-6H3/t11-,15?/m1/s1. The van der Waals surface area contributed by atoms with E-state index >= 15 is 0 Å². The number of allylic oxidation sites excluding steroid dienone is 1. The molecule has 0 N–H and O–H groups in total. The maximum absolute atomic E-state index is 12.3. The SMILES string of the molecule is C=CCC1(C)C(=O)CN(C(=O)OC(C)(C)C)[C@@H]1C(=O)OC. The van der Waals surface area contributed by atoms with Gasteiger partial charge in [-0.3, -0.25) is 9.69 Å². The van der Waals surface area contributed by atoms with Gasteiger partial charge < -0.3 is 9.47 Å². The molecule has 1 rings (SSSR count). The van der Waals surface area contributed by atoms with Crippen LogP contribution in [-0.4, -0.2) is 48.0 Å². The number of Topliss-reactive ketones (excluding diaryl/α,β-unsaturated/α-hetero) is 1. The highest BCUT2D eigenvalue weighted by atomic mass is 16.6. The summed E-state index contributed by atoms with van der Waals surface area (Å²) in [7, 11) is 1.23. The maximum atomic E-state index is 12.3. The van der Waals surface area contributed by atoms with Crippen LogP contribution >= 0.6 is 0 Å². The van der Waals surface area contributed by atoms with Crippen LogP contribution in [0.15, 0.2) is 12.7 Å². The van der Waals surface area contributed by atoms with Crippen molar-refractivity contribution in [2.45, 2.75) is 45.8 Å². The van der Waals surface area contributed by atoms with Gasteiger partial charge in [-0.2, -0.15) is 0 Å². The maximum Gasteiger partial charge on any atom is 0.411 e. The van der Waals surface area contributed by atoms with E-state index in [0.29, 0.717) is 0 Å². The van der Waals surface area contributed by atoms with E-state index in [-0.39, 0.29) is 18.7 Å². The molecule has 0 bridgehead atoms. The largest absolute Gasteiger partial charge is 0.467 e. The summed E-state index contributed by atoms with van der Waals surface area (Å²) in [6, 6.07) is -0.997. The minimum atomic E-state index is -1.04. The Bertz CT molecular complexity index is 465. The normalized spacial score (nSPS) is 25.7. The molecule has 1 amide bonds. The Morgan fingerprint density at radius 2 is 2.05 bits per heavy atom. The molecule has 6 nitrogen and oxygen atoms in total. The van der Waals surface area contributed by atoms with Gasteiger partial charge in [0.05, 0.1) is 19.1 Å². The zero-order chi connectivity index (χ0) is 16.4. The summed E-state index contributed by atoms with van der Waals surface area (Å²) in [4.78, 5) is 37.8. The summed E-state index contributed by atoms with van der Waals surface area (Å²) in [5.41, 5.74) is -1.75. The molecule has 0 aromatic heterocycles. The van der Waals surface area contributed by atoms with Gasteiger partial charge in [-0.25, -0.2) is 9.59 Å². The first kappa shape index (κ1) is 17.2. The second-order valence-corrected chi connectivity index (χ2v) is 6.37. The van der Waals surface area contributed by atoms with Crippen molar-refractivity contribution in [1.29, 1.82) is 0 Å². The number of carbonyl (C=O) groups is 3. The van der Waals surface area contributed by atoms with E-state index in [1.165, 1.54) is 7.11 Å². The molecule has 0 aliphatic carbocycles. The third-order valence-corrected chi connectivity index (χ3v) is 3.49. The van der Waals surface area contributed by atoms with Crippen LogP contribution in [0.5, 0.6) is 0 Å². The topological polar surface area (TPSA) is 72.9 Å². The van der Waals surface area contributed by atoms with E-state index in [4.69, 9.17) is 9.47 Å². The lowest BCUT2D eigenvalue weighted by molar-refractivity contribution is -0.150. The van der Waals surface area contributed by atoms with E-state index in [0.717, 1.165) is 4.90 Å². The van der Waals surface area contributed by atoms with Crippen molar-refractivity contribution in [3.05, 3.63) is 12.7 Å². The molecule has 1 saturated heterocycles. The Hall–Kier alpha value is -1.85. The van der Waals surface area contributed by atoms with E-state index in [2.05, 4.69) is 6.58 Å². The molecule has 1 aliphatic rings. The second-order valence-electron chi connectivity index (χ2n) is 6.37. The van der Waals surface area contributed by atoms with Crippen LogP contribution in [0.3, 0.4) is 0 Å². The van der Waals surface area contributed by atoms with Crippen molar-refractivity contribution in [2.24, 2.45) is 5.41 Å². The number of hydrogen-bond acceptors (Lipinski definition) is 5. The number of amides is 1. The number of hydrogen-bond donors (Lipinski definition) is 0. The summed E-state index contributed by atoms with van der Waals surface area (Å²) in [6.07, 6.45) is 1.15. The molecular weight excluding hydrogens is 274 g/mol. The van der Waals surface area contributed by atoms with Crippen LogP contribution in [0.2, 0.25) is 0 Å². The number of carbonyl (C=O) groups excluding carboxylic acids is 3. The first-order valence-electron chi connectivity index (χ1n) is 6.78. The predicted octanol–water partition coefficient (Wildman–Crippen LogP) is 1.93. The number of ether oxygens (including phenoxy) is 2. The fourth-order valence-corrected chi connectivity index (χ4v) is 2.44. The Morgan fingerprint density at radius 1 is 1.48 bits per heavy atom. The fraction of sp³-hybridized carbons (Fsp3) is 0.667. The smallest absolute Gasteiger partial charge is 0.411 e. The highest BCUT2D eigenvalue weighted by Crippen LogP contribution is 2.38. The monoisotopic (exact) mass is 297 g/mol. The molecule has 0 aromatic carbocycles. The first-order valence-corrected chi connectivity index (χ1v) is 6.78. The van der Waals surface area contributed by atoms with Crippen molar-refractivity contribution in [3.8, 4) is 0 Å². The van der Waals surface area contributed by atoms with Crippen LogP contribution in [0.25, 0.3) is 0 Å². The van der Waals surface area contributed by atoms with Gasteiger partial charge in [-0.05, 0) is 34.1 Å². The lowest BCUT2D eigenvalue weighted by Crippen LogP contribution is -2.49. The molecule has 1 aliphatic heterocycles. The summed E-state index contributed by atoms with van der Waals surface area (Å²) in [6.45, 7) is 10.3. The van der Waals surface area contributed by atoms with Gasteiger partial charge in [0.2, 0.25) is 0 Å². The molecule has 1 heterocycles. The molecule has 21 heavy (non-hydrogen) atoms. The third kappa shape index (κ3) is 3.43. The van der Waals surface area contributed by atoms with Gasteiger partial charge in [0, 0.05) is 0 Å². The van der Waals surface area contributed by atoms with E-state index in [9.17, 15) is 14.4 Å². The Morgan fingerprint density at radius 3 is 2.48 bits per heavy atom. The summed E-state index contributed by atoms with van der Waals surface area (Å²) in [5.74, 6) is -0.834. The predicted molar refractivity (Wildman–Crippen MR) is 76.7 cm³/mol. The quantitative estimate of drug-likeness (QED) is 0.588. The highest BCUT2D eigenvalue weighted by Gasteiger charge is 2.56. The molecular formula is C15H23NO5. The van der Waals surface area contributed by atoms with Gasteiger partial charge >= 0.3 is 12.1 Å². The molecule has 0 spiro atoms. The van der Waals surface area contributed by atoms with Crippen LogP contribution in [0, 0.1) is 5.41 Å². The molecule has 1 unspecified atom stereocenters. The van der Waals surface area contributed by atoms with Gasteiger partial charge in [-0.1, -0.05) is 6.08 Å². The summed E-state index contributed by atoms with van der Waals surface area (Å²) >= 11 is 0. The van der Waals surface area contributed by atoms with Gasteiger partial charge in [0.25, 0.3) is 0 Å². The molecule has 0 saturated carbocycles. The number of rotatable bonds is 3. The molecule has 1 fully saturated rings. The third-order valence-electron chi connectivity index (χ3n) is 3.49. The summed E-state index contributed by atoms with van der Waals surface area (Å²) < 4.78 is 10.0. The number of esters is 1.